The lowest BCUT2D eigenvalue weighted by molar-refractivity contribution is -0.163. The first-order valence-electron chi connectivity index (χ1n) is 8.02. The quantitative estimate of drug-likeness (QED) is 0.662. The average Bonchev–Trinajstić information content (AvgIpc) is 2.42. The predicted molar refractivity (Wildman–Crippen MR) is 82.5 cm³/mol. The van der Waals surface area contributed by atoms with E-state index < -0.39 is 0 Å². The van der Waals surface area contributed by atoms with Gasteiger partial charge in [0.05, 0.1) is 6.10 Å². The number of hydrogen-bond acceptors (Lipinski definition) is 3. The Bertz CT molecular complexity index is 305. The van der Waals surface area contributed by atoms with Crippen molar-refractivity contribution < 1.29 is 9.53 Å². The molecule has 1 fully saturated rings. The second-order valence-corrected chi connectivity index (χ2v) is 6.47. The number of nitrogens with zero attached hydrogens (tertiary/aromatic N) is 1. The van der Waals surface area contributed by atoms with Crippen LogP contribution in [0.5, 0.6) is 0 Å². The third kappa shape index (κ3) is 4.19. The molecule has 1 amide bonds. The second-order valence-electron chi connectivity index (χ2n) is 6.47. The lowest BCUT2D eigenvalue weighted by Gasteiger charge is -2.54. The van der Waals surface area contributed by atoms with Gasteiger partial charge in [0, 0.05) is 31.5 Å². The van der Waals surface area contributed by atoms with Crippen molar-refractivity contribution in [1.29, 1.82) is 0 Å². The molecule has 2 N–H and O–H groups in total. The Labute approximate surface area is 124 Å². The van der Waals surface area contributed by atoms with Crippen molar-refractivity contribution in [2.75, 3.05) is 20.2 Å². The number of amides is 1. The zero-order chi connectivity index (χ0) is 15.2. The van der Waals surface area contributed by atoms with Gasteiger partial charge in [-0.1, -0.05) is 26.7 Å². The lowest BCUT2D eigenvalue weighted by atomic mass is 9.63. The van der Waals surface area contributed by atoms with Crippen molar-refractivity contribution in [1.82, 2.24) is 4.90 Å². The van der Waals surface area contributed by atoms with Crippen LogP contribution in [-0.2, 0) is 9.53 Å². The largest absolute Gasteiger partial charge is 0.378 e. The van der Waals surface area contributed by atoms with Crippen LogP contribution < -0.4 is 5.73 Å². The SMILES string of the molecule is CCOC1CC(N(C)C(=O)CCCCCCN)C1(C)C. The van der Waals surface area contributed by atoms with Crippen LogP contribution in [0.1, 0.15) is 59.3 Å². The summed E-state index contributed by atoms with van der Waals surface area (Å²) in [7, 11) is 1.94. The monoisotopic (exact) mass is 284 g/mol. The fourth-order valence-corrected chi connectivity index (χ4v) is 3.13. The Balaban J connectivity index is 2.31. The molecule has 4 heteroatoms. The molecule has 20 heavy (non-hydrogen) atoms. The fraction of sp³-hybridized carbons (Fsp3) is 0.938. The molecule has 0 aliphatic heterocycles. The van der Waals surface area contributed by atoms with E-state index in [2.05, 4.69) is 13.8 Å². The van der Waals surface area contributed by atoms with Gasteiger partial charge in [-0.05, 0) is 32.7 Å². The second kappa shape index (κ2) is 7.99. The molecular weight excluding hydrogens is 252 g/mol. The first kappa shape index (κ1) is 17.4. The Hall–Kier alpha value is -0.610. The van der Waals surface area contributed by atoms with Gasteiger partial charge in [0.1, 0.15) is 0 Å². The van der Waals surface area contributed by atoms with Gasteiger partial charge in [-0.25, -0.2) is 0 Å². The maximum atomic E-state index is 12.2. The fourth-order valence-electron chi connectivity index (χ4n) is 3.13. The number of unbranched alkanes of at least 4 members (excludes halogenated alkanes) is 3. The normalized spacial score (nSPS) is 24.2. The van der Waals surface area contributed by atoms with E-state index in [9.17, 15) is 4.79 Å². The summed E-state index contributed by atoms with van der Waals surface area (Å²) < 4.78 is 5.73. The van der Waals surface area contributed by atoms with Crippen molar-refractivity contribution in [3.8, 4) is 0 Å². The molecule has 2 unspecified atom stereocenters. The summed E-state index contributed by atoms with van der Waals surface area (Å²) in [6.45, 7) is 7.93. The van der Waals surface area contributed by atoms with Crippen molar-refractivity contribution in [2.45, 2.75) is 71.4 Å². The summed E-state index contributed by atoms with van der Waals surface area (Å²) in [6.07, 6.45) is 6.20. The van der Waals surface area contributed by atoms with Gasteiger partial charge < -0.3 is 15.4 Å². The summed E-state index contributed by atoms with van der Waals surface area (Å²) in [5, 5.41) is 0. The summed E-state index contributed by atoms with van der Waals surface area (Å²) in [5.41, 5.74) is 5.53. The van der Waals surface area contributed by atoms with Crippen molar-refractivity contribution >= 4 is 5.91 Å². The van der Waals surface area contributed by atoms with Gasteiger partial charge in [-0.3, -0.25) is 4.79 Å². The maximum absolute atomic E-state index is 12.2. The molecule has 4 nitrogen and oxygen atoms in total. The first-order valence-corrected chi connectivity index (χ1v) is 8.02. The Morgan fingerprint density at radius 3 is 2.50 bits per heavy atom. The van der Waals surface area contributed by atoms with Gasteiger partial charge >= 0.3 is 0 Å². The summed E-state index contributed by atoms with van der Waals surface area (Å²) in [6, 6.07) is 0.315. The molecule has 2 atom stereocenters. The molecule has 0 radical (unpaired) electrons. The van der Waals surface area contributed by atoms with Gasteiger partial charge in [0.2, 0.25) is 5.91 Å². The van der Waals surface area contributed by atoms with Crippen LogP contribution in [0.2, 0.25) is 0 Å². The molecule has 0 aromatic heterocycles. The maximum Gasteiger partial charge on any atom is 0.222 e. The number of hydrogen-bond donors (Lipinski definition) is 1. The first-order chi connectivity index (χ1) is 9.45. The number of ether oxygens (including phenoxy) is 1. The van der Waals surface area contributed by atoms with E-state index >= 15 is 0 Å². The van der Waals surface area contributed by atoms with Crippen LogP contribution in [0, 0.1) is 5.41 Å². The number of carbonyl (C=O) groups is 1. The summed E-state index contributed by atoms with van der Waals surface area (Å²) in [4.78, 5) is 14.2. The standard InChI is InChI=1S/C16H32N2O2/c1-5-20-14-12-13(16(14,2)3)18(4)15(19)10-8-6-7-9-11-17/h13-14H,5-12,17H2,1-4H3. The van der Waals surface area contributed by atoms with E-state index in [-0.39, 0.29) is 17.4 Å². The summed E-state index contributed by atoms with van der Waals surface area (Å²) in [5.74, 6) is 0.269. The highest BCUT2D eigenvalue weighted by atomic mass is 16.5. The molecule has 0 bridgehead atoms. The lowest BCUT2D eigenvalue weighted by Crippen LogP contribution is -2.62. The van der Waals surface area contributed by atoms with E-state index in [1.54, 1.807) is 0 Å². The minimum Gasteiger partial charge on any atom is -0.378 e. The third-order valence-corrected chi connectivity index (χ3v) is 4.70. The highest BCUT2D eigenvalue weighted by Gasteiger charge is 2.51. The molecule has 0 saturated heterocycles. The van der Waals surface area contributed by atoms with Gasteiger partial charge in [-0.15, -0.1) is 0 Å². The molecule has 1 aliphatic carbocycles. The number of carbonyl (C=O) groups excluding carboxylic acids is 1. The molecular formula is C16H32N2O2. The van der Waals surface area contributed by atoms with Crippen molar-refractivity contribution in [3.05, 3.63) is 0 Å². The highest BCUT2D eigenvalue weighted by molar-refractivity contribution is 5.76. The molecule has 0 aromatic rings. The van der Waals surface area contributed by atoms with Crippen LogP contribution in [-0.4, -0.2) is 43.2 Å². The Morgan fingerprint density at radius 1 is 1.30 bits per heavy atom. The zero-order valence-corrected chi connectivity index (χ0v) is 13.7. The topological polar surface area (TPSA) is 55.6 Å². The predicted octanol–water partition coefficient (Wildman–Crippen LogP) is 2.56. The minimum absolute atomic E-state index is 0.0694. The average molecular weight is 284 g/mol. The van der Waals surface area contributed by atoms with E-state index in [4.69, 9.17) is 10.5 Å². The third-order valence-electron chi connectivity index (χ3n) is 4.70. The molecule has 1 rings (SSSR count). The Morgan fingerprint density at radius 2 is 1.95 bits per heavy atom. The molecule has 1 saturated carbocycles. The van der Waals surface area contributed by atoms with Gasteiger partial charge in [-0.2, -0.15) is 0 Å². The Kier molecular flexibility index (Phi) is 6.96. The smallest absolute Gasteiger partial charge is 0.222 e. The van der Waals surface area contributed by atoms with Crippen molar-refractivity contribution in [2.24, 2.45) is 11.1 Å². The molecule has 118 valence electrons. The molecule has 0 spiro atoms. The van der Waals surface area contributed by atoms with Crippen LogP contribution in [0.3, 0.4) is 0 Å². The highest BCUT2D eigenvalue weighted by Crippen LogP contribution is 2.45. The van der Waals surface area contributed by atoms with Crippen LogP contribution in [0.25, 0.3) is 0 Å². The molecule has 0 aromatic carbocycles. The number of rotatable bonds is 9. The molecule has 1 aliphatic rings. The van der Waals surface area contributed by atoms with Crippen LogP contribution in [0.15, 0.2) is 0 Å². The molecule has 0 heterocycles. The van der Waals surface area contributed by atoms with Gasteiger partial charge in [0.25, 0.3) is 0 Å². The van der Waals surface area contributed by atoms with Crippen LogP contribution in [0.4, 0.5) is 0 Å². The van der Waals surface area contributed by atoms with E-state index in [0.29, 0.717) is 12.5 Å². The van der Waals surface area contributed by atoms with E-state index in [1.165, 1.54) is 0 Å². The zero-order valence-electron chi connectivity index (χ0n) is 13.7. The summed E-state index contributed by atoms with van der Waals surface area (Å²) >= 11 is 0. The van der Waals surface area contributed by atoms with E-state index in [1.807, 2.05) is 18.9 Å². The van der Waals surface area contributed by atoms with Crippen LogP contribution >= 0.6 is 0 Å². The van der Waals surface area contributed by atoms with Gasteiger partial charge in [0.15, 0.2) is 0 Å². The van der Waals surface area contributed by atoms with E-state index in [0.717, 1.165) is 45.3 Å². The number of nitrogens with two attached hydrogens (primary N) is 1. The van der Waals surface area contributed by atoms with Crippen molar-refractivity contribution in [3.63, 3.8) is 0 Å². The minimum atomic E-state index is 0.0694.